The molecule has 0 aliphatic carbocycles. The number of rotatable bonds is 6. The van der Waals surface area contributed by atoms with Gasteiger partial charge in [0.1, 0.15) is 6.29 Å². The highest BCUT2D eigenvalue weighted by molar-refractivity contribution is 5.98. The highest BCUT2D eigenvalue weighted by Gasteiger charge is 1.90. The number of allylic oxidation sites excluding steroid dienone is 5. The van der Waals surface area contributed by atoms with Crippen LogP contribution in [0.4, 0.5) is 0 Å². The Morgan fingerprint density at radius 1 is 0.840 bits per heavy atom. The van der Waals surface area contributed by atoms with Crippen LogP contribution in [0.3, 0.4) is 0 Å². The maximum absolute atomic E-state index is 10.4. The lowest BCUT2D eigenvalue weighted by Gasteiger charge is -1.84. The summed E-state index contributed by atoms with van der Waals surface area (Å²) in [7, 11) is 0. The molecule has 0 fully saturated rings. The van der Waals surface area contributed by atoms with E-state index in [1.165, 1.54) is 26.0 Å². The van der Waals surface area contributed by atoms with Crippen LogP contribution >= 0.6 is 0 Å². The van der Waals surface area contributed by atoms with Crippen LogP contribution in [-0.2, 0) is 19.2 Å². The SMILES string of the molecule is C/C=C/C(=O)/C=C\O.CC(=O)/C=C\O.CC=O.CCCC(=O)/C=C\O. The molecule has 0 aliphatic rings. The second-order valence-electron chi connectivity index (χ2n) is 3.91. The Morgan fingerprint density at radius 3 is 1.52 bits per heavy atom. The van der Waals surface area contributed by atoms with E-state index in [2.05, 4.69) is 0 Å². The van der Waals surface area contributed by atoms with Crippen molar-refractivity contribution in [2.75, 3.05) is 0 Å². The Hall–Kier alpha value is -2.96. The molecule has 0 unspecified atom stereocenters. The van der Waals surface area contributed by atoms with Crippen molar-refractivity contribution in [3.05, 3.63) is 49.2 Å². The summed E-state index contributed by atoms with van der Waals surface area (Å²) >= 11 is 0. The maximum Gasteiger partial charge on any atom is 0.181 e. The third-order valence-electron chi connectivity index (χ3n) is 1.64. The van der Waals surface area contributed by atoms with Crippen LogP contribution in [0.1, 0.15) is 40.5 Å². The highest BCUT2D eigenvalue weighted by atomic mass is 16.2. The van der Waals surface area contributed by atoms with Crippen molar-refractivity contribution in [1.29, 1.82) is 0 Å². The molecule has 0 saturated carbocycles. The van der Waals surface area contributed by atoms with Crippen LogP contribution < -0.4 is 0 Å². The first kappa shape index (κ1) is 30.0. The predicted molar refractivity (Wildman–Crippen MR) is 97.5 cm³/mol. The molecule has 142 valence electrons. The van der Waals surface area contributed by atoms with E-state index in [4.69, 9.17) is 20.1 Å². The second-order valence-corrected chi connectivity index (χ2v) is 3.91. The van der Waals surface area contributed by atoms with Gasteiger partial charge in [0.25, 0.3) is 0 Å². The van der Waals surface area contributed by atoms with Crippen molar-refractivity contribution >= 4 is 23.6 Å². The summed E-state index contributed by atoms with van der Waals surface area (Å²) in [5.41, 5.74) is 0. The zero-order valence-electron chi connectivity index (χ0n) is 15.1. The summed E-state index contributed by atoms with van der Waals surface area (Å²) in [5.74, 6) is -0.359. The fourth-order valence-corrected chi connectivity index (χ4v) is 0.811. The summed E-state index contributed by atoms with van der Waals surface area (Å²) < 4.78 is 0. The van der Waals surface area contributed by atoms with Gasteiger partial charge in [-0.25, -0.2) is 0 Å². The Labute approximate surface area is 148 Å². The number of aliphatic hydroxyl groups excluding tert-OH is 3. The van der Waals surface area contributed by atoms with Gasteiger partial charge in [-0.3, -0.25) is 14.4 Å². The van der Waals surface area contributed by atoms with Gasteiger partial charge in [-0.1, -0.05) is 13.0 Å². The molecule has 0 atom stereocenters. The van der Waals surface area contributed by atoms with E-state index in [0.29, 0.717) is 6.42 Å². The van der Waals surface area contributed by atoms with Crippen LogP contribution in [0.5, 0.6) is 0 Å². The highest BCUT2D eigenvalue weighted by Crippen LogP contribution is 1.88. The minimum absolute atomic E-state index is 0.0185. The molecule has 0 amide bonds. The third kappa shape index (κ3) is 52.6. The minimum Gasteiger partial charge on any atom is -0.515 e. The zero-order chi connectivity index (χ0) is 20.5. The second kappa shape index (κ2) is 29.1. The van der Waals surface area contributed by atoms with E-state index < -0.39 is 0 Å². The Kier molecular flexibility index (Phi) is 34.9. The molecule has 0 aromatic rings. The molecular formula is C18H28O7. The zero-order valence-corrected chi connectivity index (χ0v) is 15.1. The van der Waals surface area contributed by atoms with Gasteiger partial charge in [-0.15, -0.1) is 0 Å². The molecular weight excluding hydrogens is 328 g/mol. The topological polar surface area (TPSA) is 129 Å². The molecule has 0 heterocycles. The van der Waals surface area contributed by atoms with Gasteiger partial charge in [0.15, 0.2) is 17.3 Å². The molecule has 25 heavy (non-hydrogen) atoms. The maximum atomic E-state index is 10.4. The molecule has 0 rings (SSSR count). The lowest BCUT2D eigenvalue weighted by Crippen LogP contribution is -1.88. The average Bonchev–Trinajstić information content (AvgIpc) is 2.50. The van der Waals surface area contributed by atoms with E-state index in [-0.39, 0.29) is 17.3 Å². The van der Waals surface area contributed by atoms with Gasteiger partial charge in [-0.05, 0) is 33.3 Å². The van der Waals surface area contributed by atoms with Crippen LogP contribution in [0, 0.1) is 0 Å². The van der Waals surface area contributed by atoms with Crippen LogP contribution in [0.25, 0.3) is 0 Å². The van der Waals surface area contributed by atoms with Crippen molar-refractivity contribution in [2.24, 2.45) is 0 Å². The van der Waals surface area contributed by atoms with Crippen LogP contribution in [-0.4, -0.2) is 39.0 Å². The summed E-state index contributed by atoms with van der Waals surface area (Å²) in [4.78, 5) is 39.3. The van der Waals surface area contributed by atoms with Crippen molar-refractivity contribution in [1.82, 2.24) is 0 Å². The predicted octanol–water partition coefficient (Wildman–Crippen LogP) is 3.48. The first-order valence-electron chi connectivity index (χ1n) is 7.33. The molecule has 3 N–H and O–H groups in total. The lowest BCUT2D eigenvalue weighted by atomic mass is 10.2. The average molecular weight is 356 g/mol. The van der Waals surface area contributed by atoms with E-state index in [1.807, 2.05) is 6.92 Å². The summed E-state index contributed by atoms with van der Waals surface area (Å²) in [6.07, 6.45) is 10.7. The number of carbonyl (C=O) groups excluding carboxylic acids is 4. The van der Waals surface area contributed by atoms with Crippen molar-refractivity contribution in [2.45, 2.75) is 40.5 Å². The molecule has 0 aromatic carbocycles. The molecule has 0 aliphatic heterocycles. The molecule has 0 spiro atoms. The van der Waals surface area contributed by atoms with E-state index >= 15 is 0 Å². The molecule has 7 heteroatoms. The monoisotopic (exact) mass is 356 g/mol. The summed E-state index contributed by atoms with van der Waals surface area (Å²) in [6, 6.07) is 0. The molecule has 0 saturated heterocycles. The van der Waals surface area contributed by atoms with E-state index in [0.717, 1.165) is 43.6 Å². The van der Waals surface area contributed by atoms with Gasteiger partial charge in [0.05, 0.1) is 18.8 Å². The Balaban J connectivity index is -0.000000124. The molecule has 0 aromatic heterocycles. The van der Waals surface area contributed by atoms with E-state index in [1.54, 1.807) is 13.0 Å². The minimum atomic E-state index is -0.199. The smallest absolute Gasteiger partial charge is 0.181 e. The normalized spacial score (nSPS) is 9.60. The number of aliphatic hydroxyl groups is 3. The lowest BCUT2D eigenvalue weighted by molar-refractivity contribution is -0.115. The molecule has 0 radical (unpaired) electrons. The number of hydrogen-bond donors (Lipinski definition) is 3. The number of hydrogen-bond acceptors (Lipinski definition) is 7. The number of ketones is 3. The number of aldehydes is 1. The van der Waals surface area contributed by atoms with Crippen LogP contribution in [0.15, 0.2) is 49.2 Å². The van der Waals surface area contributed by atoms with Gasteiger partial charge in [0.2, 0.25) is 0 Å². The Bertz CT molecular complexity index is 444. The van der Waals surface area contributed by atoms with Gasteiger partial charge in [0, 0.05) is 24.6 Å². The van der Waals surface area contributed by atoms with Gasteiger partial charge >= 0.3 is 0 Å². The largest absolute Gasteiger partial charge is 0.515 e. The number of carbonyl (C=O) groups is 4. The summed E-state index contributed by atoms with van der Waals surface area (Å²) in [5, 5.41) is 23.9. The first-order chi connectivity index (χ1) is 11.8. The van der Waals surface area contributed by atoms with Crippen LogP contribution in [0.2, 0.25) is 0 Å². The third-order valence-corrected chi connectivity index (χ3v) is 1.64. The van der Waals surface area contributed by atoms with Crippen molar-refractivity contribution in [3.63, 3.8) is 0 Å². The van der Waals surface area contributed by atoms with Crippen molar-refractivity contribution in [3.8, 4) is 0 Å². The molecule has 7 nitrogen and oxygen atoms in total. The molecule has 0 bridgehead atoms. The standard InChI is InChI=1S/C6H10O2.C6H8O2.C4H6O2.C2H4O/c2*1-2-3-6(8)4-5-7;1-4(6)2-3-5;1-2-3/h4-5,7H,2-3H2,1H3;2-5,7H,1H3;2-3,5H,1H3;2H,1H3/b5-4-;3-2+,5-4-;3-2-;. The quantitative estimate of drug-likeness (QED) is 0.377. The Morgan fingerprint density at radius 2 is 1.28 bits per heavy atom. The van der Waals surface area contributed by atoms with E-state index in [9.17, 15) is 14.4 Å². The van der Waals surface area contributed by atoms with Crippen molar-refractivity contribution < 1.29 is 34.5 Å². The summed E-state index contributed by atoms with van der Waals surface area (Å²) in [6.45, 7) is 6.47. The van der Waals surface area contributed by atoms with Gasteiger partial charge < -0.3 is 20.1 Å². The fourth-order valence-electron chi connectivity index (χ4n) is 0.811. The van der Waals surface area contributed by atoms with Gasteiger partial charge in [-0.2, -0.15) is 0 Å². The first-order valence-corrected chi connectivity index (χ1v) is 7.33. The fraction of sp³-hybridized carbons (Fsp3) is 0.333.